The molecular formula is C16H16N2O3. The average Bonchev–Trinajstić information content (AvgIpc) is 2.47. The maximum absolute atomic E-state index is 11.9. The fourth-order valence-electron chi connectivity index (χ4n) is 2.34. The highest BCUT2D eigenvalue weighted by Gasteiger charge is 2.29. The number of amides is 1. The van der Waals surface area contributed by atoms with E-state index in [-0.39, 0.29) is 12.3 Å². The molecule has 5 nitrogen and oxygen atoms in total. The Hall–Kier alpha value is -2.61. The van der Waals surface area contributed by atoms with E-state index in [1.54, 1.807) is 6.20 Å². The van der Waals surface area contributed by atoms with E-state index in [2.05, 4.69) is 0 Å². The van der Waals surface area contributed by atoms with Gasteiger partial charge in [-0.05, 0) is 24.1 Å². The second kappa shape index (κ2) is 6.23. The van der Waals surface area contributed by atoms with Gasteiger partial charge in [0.2, 0.25) is 5.91 Å². The minimum absolute atomic E-state index is 0.0208. The highest BCUT2D eigenvalue weighted by molar-refractivity contribution is 5.80. The third kappa shape index (κ3) is 3.29. The van der Waals surface area contributed by atoms with Crippen LogP contribution in [0.3, 0.4) is 0 Å². The summed E-state index contributed by atoms with van der Waals surface area (Å²) in [7, 11) is 0. The maximum atomic E-state index is 11.9. The Morgan fingerprint density at radius 2 is 2.14 bits per heavy atom. The first-order chi connectivity index (χ1) is 10.0. The van der Waals surface area contributed by atoms with Crippen LogP contribution >= 0.6 is 0 Å². The number of rotatable bonds is 3. The Morgan fingerprint density at radius 1 is 1.43 bits per heavy atom. The predicted octanol–water partition coefficient (Wildman–Crippen LogP) is 2.41. The summed E-state index contributed by atoms with van der Waals surface area (Å²) in [4.78, 5) is 25.2. The standard InChI is InChI=1S/C16H16N2O3/c1-11(10-17)21-16(20)9-15-14-6-4-3-5-13(14)7-8-18(15)12(2)19/h3-8,11,15H,9H2,1-2H3/t11-,15+/m0/s1. The van der Waals surface area contributed by atoms with Crippen LogP contribution in [0.1, 0.15) is 37.4 Å². The van der Waals surface area contributed by atoms with Gasteiger partial charge in [0.1, 0.15) is 6.07 Å². The van der Waals surface area contributed by atoms with E-state index >= 15 is 0 Å². The molecule has 0 N–H and O–H groups in total. The third-order valence-corrected chi connectivity index (χ3v) is 3.32. The molecule has 1 amide bonds. The van der Waals surface area contributed by atoms with Crippen molar-refractivity contribution < 1.29 is 14.3 Å². The molecule has 0 saturated carbocycles. The molecule has 0 aromatic heterocycles. The number of carbonyl (C=O) groups excluding carboxylic acids is 2. The number of ether oxygens (including phenoxy) is 1. The van der Waals surface area contributed by atoms with Crippen molar-refractivity contribution >= 4 is 18.0 Å². The zero-order valence-electron chi connectivity index (χ0n) is 11.9. The van der Waals surface area contributed by atoms with Gasteiger partial charge in [0.25, 0.3) is 0 Å². The van der Waals surface area contributed by atoms with Crippen LogP contribution in [-0.4, -0.2) is 22.9 Å². The average molecular weight is 284 g/mol. The molecule has 0 unspecified atom stereocenters. The lowest BCUT2D eigenvalue weighted by atomic mass is 9.94. The monoisotopic (exact) mass is 284 g/mol. The van der Waals surface area contributed by atoms with E-state index in [0.717, 1.165) is 11.1 Å². The molecule has 0 spiro atoms. The van der Waals surface area contributed by atoms with Gasteiger partial charge in [-0.25, -0.2) is 0 Å². The third-order valence-electron chi connectivity index (χ3n) is 3.32. The number of nitriles is 1. The van der Waals surface area contributed by atoms with Crippen LogP contribution < -0.4 is 0 Å². The maximum Gasteiger partial charge on any atom is 0.309 e. The van der Waals surface area contributed by atoms with Gasteiger partial charge >= 0.3 is 5.97 Å². The summed E-state index contributed by atoms with van der Waals surface area (Å²) < 4.78 is 4.98. The van der Waals surface area contributed by atoms with E-state index in [4.69, 9.17) is 10.00 Å². The first-order valence-corrected chi connectivity index (χ1v) is 6.68. The lowest BCUT2D eigenvalue weighted by molar-refractivity contribution is -0.147. The second-order valence-corrected chi connectivity index (χ2v) is 4.85. The topological polar surface area (TPSA) is 70.4 Å². The zero-order valence-corrected chi connectivity index (χ0v) is 11.9. The normalized spacial score (nSPS) is 17.6. The van der Waals surface area contributed by atoms with E-state index in [9.17, 15) is 9.59 Å². The van der Waals surface area contributed by atoms with Crippen LogP contribution in [0, 0.1) is 11.3 Å². The SMILES string of the molecule is CC(=O)N1C=Cc2ccccc2[C@H]1CC(=O)O[C@@H](C)C#N. The number of hydrogen-bond acceptors (Lipinski definition) is 4. The van der Waals surface area contributed by atoms with Crippen molar-refractivity contribution in [3.63, 3.8) is 0 Å². The first-order valence-electron chi connectivity index (χ1n) is 6.68. The summed E-state index contributed by atoms with van der Waals surface area (Å²) in [6, 6.07) is 9.04. The van der Waals surface area contributed by atoms with Gasteiger partial charge in [0.05, 0.1) is 12.5 Å². The number of esters is 1. The summed E-state index contributed by atoms with van der Waals surface area (Å²) in [5, 5.41) is 8.68. The summed E-state index contributed by atoms with van der Waals surface area (Å²) in [6.45, 7) is 2.96. The second-order valence-electron chi connectivity index (χ2n) is 4.85. The minimum Gasteiger partial charge on any atom is -0.447 e. The predicted molar refractivity (Wildman–Crippen MR) is 76.5 cm³/mol. The van der Waals surface area contributed by atoms with Crippen LogP contribution in [-0.2, 0) is 14.3 Å². The van der Waals surface area contributed by atoms with Crippen molar-refractivity contribution in [3.05, 3.63) is 41.6 Å². The summed E-state index contributed by atoms with van der Waals surface area (Å²) in [6.07, 6.45) is 2.75. The summed E-state index contributed by atoms with van der Waals surface area (Å²) in [5.74, 6) is -0.641. The van der Waals surface area contributed by atoms with Gasteiger partial charge in [-0.15, -0.1) is 0 Å². The number of carbonyl (C=O) groups is 2. The lowest BCUT2D eigenvalue weighted by Crippen LogP contribution is -2.33. The van der Waals surface area contributed by atoms with Crippen molar-refractivity contribution in [2.45, 2.75) is 32.4 Å². The van der Waals surface area contributed by atoms with Crippen LogP contribution in [0.2, 0.25) is 0 Å². The van der Waals surface area contributed by atoms with Crippen molar-refractivity contribution in [2.24, 2.45) is 0 Å². The van der Waals surface area contributed by atoms with E-state index in [1.165, 1.54) is 18.7 Å². The minimum atomic E-state index is -0.794. The van der Waals surface area contributed by atoms with Gasteiger partial charge in [0.15, 0.2) is 6.10 Å². The quantitative estimate of drug-likeness (QED) is 0.799. The highest BCUT2D eigenvalue weighted by Crippen LogP contribution is 2.33. The Labute approximate surface area is 123 Å². The Morgan fingerprint density at radius 3 is 2.81 bits per heavy atom. The van der Waals surface area contributed by atoms with Crippen LogP contribution in [0.5, 0.6) is 0 Å². The molecule has 1 aromatic carbocycles. The molecule has 1 heterocycles. The molecule has 5 heteroatoms. The molecule has 1 aliphatic heterocycles. The van der Waals surface area contributed by atoms with Crippen LogP contribution in [0.25, 0.3) is 6.08 Å². The fraction of sp³-hybridized carbons (Fsp3) is 0.312. The molecule has 0 radical (unpaired) electrons. The molecule has 21 heavy (non-hydrogen) atoms. The summed E-state index contributed by atoms with van der Waals surface area (Å²) in [5.41, 5.74) is 1.87. The number of fused-ring (bicyclic) bond motifs is 1. The smallest absolute Gasteiger partial charge is 0.309 e. The lowest BCUT2D eigenvalue weighted by Gasteiger charge is -2.32. The van der Waals surface area contributed by atoms with E-state index in [0.29, 0.717) is 0 Å². The molecule has 2 rings (SSSR count). The van der Waals surface area contributed by atoms with Gasteiger partial charge in [0, 0.05) is 13.1 Å². The van der Waals surface area contributed by atoms with Gasteiger partial charge in [-0.2, -0.15) is 5.26 Å². The van der Waals surface area contributed by atoms with Crippen molar-refractivity contribution in [2.75, 3.05) is 0 Å². The molecule has 0 fully saturated rings. The number of hydrogen-bond donors (Lipinski definition) is 0. The molecule has 2 atom stereocenters. The zero-order chi connectivity index (χ0) is 15.4. The Balaban J connectivity index is 2.25. The van der Waals surface area contributed by atoms with Crippen LogP contribution in [0.4, 0.5) is 0 Å². The van der Waals surface area contributed by atoms with Gasteiger partial charge in [-0.1, -0.05) is 24.3 Å². The van der Waals surface area contributed by atoms with Crippen molar-refractivity contribution in [1.29, 1.82) is 5.26 Å². The van der Waals surface area contributed by atoms with Crippen molar-refractivity contribution in [3.8, 4) is 6.07 Å². The van der Waals surface area contributed by atoms with E-state index < -0.39 is 18.1 Å². The molecule has 1 aliphatic rings. The number of nitrogens with zero attached hydrogens (tertiary/aromatic N) is 2. The highest BCUT2D eigenvalue weighted by atomic mass is 16.5. The fourth-order valence-corrected chi connectivity index (χ4v) is 2.34. The molecular weight excluding hydrogens is 268 g/mol. The molecule has 1 aromatic rings. The molecule has 108 valence electrons. The molecule has 0 saturated heterocycles. The Bertz CT molecular complexity index is 631. The van der Waals surface area contributed by atoms with Gasteiger partial charge < -0.3 is 9.64 Å². The number of benzene rings is 1. The van der Waals surface area contributed by atoms with Crippen LogP contribution in [0.15, 0.2) is 30.5 Å². The van der Waals surface area contributed by atoms with E-state index in [1.807, 2.05) is 36.4 Å². The Kier molecular flexibility index (Phi) is 4.39. The largest absolute Gasteiger partial charge is 0.447 e. The van der Waals surface area contributed by atoms with Gasteiger partial charge in [-0.3, -0.25) is 9.59 Å². The van der Waals surface area contributed by atoms with Crippen molar-refractivity contribution in [1.82, 2.24) is 4.90 Å². The first kappa shape index (κ1) is 14.8. The molecule has 0 bridgehead atoms. The molecule has 0 aliphatic carbocycles. The summed E-state index contributed by atoms with van der Waals surface area (Å²) >= 11 is 0.